The molecule has 0 amide bonds. The van der Waals surface area contributed by atoms with Crippen LogP contribution in [-0.4, -0.2) is 43.6 Å². The average Bonchev–Trinajstić information content (AvgIpc) is 3.71. The molecule has 216 valence electrons. The molecule has 0 saturated heterocycles. The Kier molecular flexibility index (Phi) is 9.42. The molecule has 0 saturated carbocycles. The summed E-state index contributed by atoms with van der Waals surface area (Å²) in [6.07, 6.45) is 5.36. The first-order valence-corrected chi connectivity index (χ1v) is 14.6. The van der Waals surface area contributed by atoms with Gasteiger partial charge in [-0.3, -0.25) is 0 Å². The molecule has 42 heavy (non-hydrogen) atoms. The van der Waals surface area contributed by atoms with Crippen LogP contribution in [0.1, 0.15) is 41.5 Å². The lowest BCUT2D eigenvalue weighted by atomic mass is 10.0. The summed E-state index contributed by atoms with van der Waals surface area (Å²) in [5.74, 6) is 2.46. The standard InChI is InChI=1S/C27H21N9.3C2H6/c1-34-22(31-19-7-4-10-28-25(19)34)16-13-17(23-32-20-8-5-11-29-26(20)35(23)2)15-18(14-16)24-33-21-9-6-12-30-27(21)36(24)3;3*1-2/h4-15H,1-3H3;3*1-2H3. The van der Waals surface area contributed by atoms with Gasteiger partial charge in [-0.25, -0.2) is 29.9 Å². The summed E-state index contributed by atoms with van der Waals surface area (Å²) in [5, 5.41) is 0. The molecule has 1 aromatic carbocycles. The first kappa shape index (κ1) is 30.0. The lowest BCUT2D eigenvalue weighted by Gasteiger charge is -2.11. The normalized spacial score (nSPS) is 10.5. The molecule has 0 radical (unpaired) electrons. The number of nitrogens with zero attached hydrogens (tertiary/aromatic N) is 9. The van der Waals surface area contributed by atoms with Crippen molar-refractivity contribution in [2.75, 3.05) is 0 Å². The van der Waals surface area contributed by atoms with E-state index in [0.717, 1.165) is 67.7 Å². The molecule has 0 spiro atoms. The number of rotatable bonds is 3. The van der Waals surface area contributed by atoms with Crippen LogP contribution in [0.2, 0.25) is 0 Å². The van der Waals surface area contributed by atoms with E-state index in [-0.39, 0.29) is 0 Å². The van der Waals surface area contributed by atoms with Gasteiger partial charge in [0.2, 0.25) is 0 Å². The van der Waals surface area contributed by atoms with E-state index in [1.807, 2.05) is 113 Å². The van der Waals surface area contributed by atoms with Gasteiger partial charge < -0.3 is 13.7 Å². The van der Waals surface area contributed by atoms with Crippen LogP contribution in [0.3, 0.4) is 0 Å². The van der Waals surface area contributed by atoms with E-state index < -0.39 is 0 Å². The van der Waals surface area contributed by atoms with Gasteiger partial charge in [0, 0.05) is 56.4 Å². The van der Waals surface area contributed by atoms with Gasteiger partial charge >= 0.3 is 0 Å². The Morgan fingerprint density at radius 2 is 0.690 bits per heavy atom. The molecule has 0 fully saturated rings. The summed E-state index contributed by atoms with van der Waals surface area (Å²) in [6.45, 7) is 12.0. The largest absolute Gasteiger partial charge is 0.312 e. The van der Waals surface area contributed by atoms with E-state index >= 15 is 0 Å². The number of hydrogen-bond acceptors (Lipinski definition) is 6. The Labute approximate surface area is 247 Å². The van der Waals surface area contributed by atoms with Gasteiger partial charge in [0.05, 0.1) is 0 Å². The second kappa shape index (κ2) is 13.2. The highest BCUT2D eigenvalue weighted by molar-refractivity contribution is 5.85. The molecule has 0 bridgehead atoms. The molecule has 9 nitrogen and oxygen atoms in total. The van der Waals surface area contributed by atoms with Gasteiger partial charge in [-0.15, -0.1) is 0 Å². The molecular formula is C33H39N9. The summed E-state index contributed by atoms with van der Waals surface area (Å²) in [6, 6.07) is 18.0. The topological polar surface area (TPSA) is 92.1 Å². The highest BCUT2D eigenvalue weighted by Gasteiger charge is 2.19. The number of imidazole rings is 3. The SMILES string of the molecule is CC.CC.CC.Cn1c(-c2cc(-c3nc4cccnc4n3C)cc(-c3nc4cccnc4n3C)c2)nc2cccnc21. The quantitative estimate of drug-likeness (QED) is 0.220. The van der Waals surface area contributed by atoms with Crippen molar-refractivity contribution < 1.29 is 0 Å². The predicted octanol–water partition coefficient (Wildman–Crippen LogP) is 7.61. The summed E-state index contributed by atoms with van der Waals surface area (Å²) in [7, 11) is 5.96. The van der Waals surface area contributed by atoms with Gasteiger partial charge in [-0.1, -0.05) is 41.5 Å². The fraction of sp³-hybridized carbons (Fsp3) is 0.273. The van der Waals surface area contributed by atoms with E-state index in [1.54, 1.807) is 18.6 Å². The maximum atomic E-state index is 4.90. The highest BCUT2D eigenvalue weighted by Crippen LogP contribution is 2.34. The third kappa shape index (κ3) is 5.25. The molecule has 9 heteroatoms. The lowest BCUT2D eigenvalue weighted by molar-refractivity contribution is 0.933. The first-order valence-electron chi connectivity index (χ1n) is 14.6. The van der Waals surface area contributed by atoms with E-state index in [1.165, 1.54) is 0 Å². The summed E-state index contributed by atoms with van der Waals surface area (Å²) in [4.78, 5) is 28.3. The van der Waals surface area contributed by atoms with Crippen molar-refractivity contribution in [3.8, 4) is 34.2 Å². The summed E-state index contributed by atoms with van der Waals surface area (Å²) in [5.41, 5.74) is 7.88. The van der Waals surface area contributed by atoms with Crippen LogP contribution in [0.15, 0.2) is 73.2 Å². The van der Waals surface area contributed by atoms with Gasteiger partial charge in [-0.2, -0.15) is 0 Å². The molecular weight excluding hydrogens is 522 g/mol. The van der Waals surface area contributed by atoms with Crippen molar-refractivity contribution in [1.29, 1.82) is 0 Å². The van der Waals surface area contributed by atoms with Crippen molar-refractivity contribution in [2.24, 2.45) is 21.1 Å². The minimum Gasteiger partial charge on any atom is -0.312 e. The zero-order chi connectivity index (χ0) is 30.4. The molecule has 6 heterocycles. The predicted molar refractivity (Wildman–Crippen MR) is 173 cm³/mol. The summed E-state index contributed by atoms with van der Waals surface area (Å²) >= 11 is 0. The smallest absolute Gasteiger partial charge is 0.159 e. The first-order chi connectivity index (χ1) is 20.6. The number of benzene rings is 1. The van der Waals surface area contributed by atoms with Crippen LogP contribution in [0, 0.1) is 0 Å². The third-order valence-corrected chi connectivity index (χ3v) is 6.59. The van der Waals surface area contributed by atoms with Gasteiger partial charge in [0.15, 0.2) is 16.9 Å². The number of fused-ring (bicyclic) bond motifs is 3. The van der Waals surface area contributed by atoms with Gasteiger partial charge in [0.25, 0.3) is 0 Å². The van der Waals surface area contributed by atoms with Crippen LogP contribution >= 0.6 is 0 Å². The average molecular weight is 562 g/mol. The molecule has 7 rings (SSSR count). The Morgan fingerprint density at radius 1 is 0.429 bits per heavy atom. The van der Waals surface area contributed by atoms with Crippen molar-refractivity contribution in [3.05, 3.63) is 73.2 Å². The Hall–Kier alpha value is -4.92. The minimum atomic E-state index is 0.820. The number of aryl methyl sites for hydroxylation is 3. The molecule has 7 aromatic rings. The van der Waals surface area contributed by atoms with Crippen LogP contribution in [0.25, 0.3) is 67.7 Å². The molecule has 0 atom stereocenters. The van der Waals surface area contributed by atoms with Crippen LogP contribution in [-0.2, 0) is 21.1 Å². The van der Waals surface area contributed by atoms with E-state index in [4.69, 9.17) is 15.0 Å². The van der Waals surface area contributed by atoms with Gasteiger partial charge in [0.1, 0.15) is 34.0 Å². The van der Waals surface area contributed by atoms with Crippen LogP contribution < -0.4 is 0 Å². The molecule has 0 aliphatic rings. The molecule has 0 unspecified atom stereocenters. The van der Waals surface area contributed by atoms with Crippen molar-refractivity contribution in [2.45, 2.75) is 41.5 Å². The molecule has 0 aliphatic carbocycles. The zero-order valence-electron chi connectivity index (χ0n) is 26.0. The Balaban J connectivity index is 0.000000637. The maximum absolute atomic E-state index is 4.90. The van der Waals surface area contributed by atoms with E-state index in [0.29, 0.717) is 0 Å². The summed E-state index contributed by atoms with van der Waals surface area (Å²) < 4.78 is 6.06. The van der Waals surface area contributed by atoms with E-state index in [2.05, 4.69) is 33.2 Å². The Bertz CT molecular complexity index is 1710. The second-order valence-electron chi connectivity index (χ2n) is 8.82. The van der Waals surface area contributed by atoms with Crippen LogP contribution in [0.4, 0.5) is 0 Å². The zero-order valence-corrected chi connectivity index (χ0v) is 26.0. The van der Waals surface area contributed by atoms with E-state index in [9.17, 15) is 0 Å². The fourth-order valence-electron chi connectivity index (χ4n) is 4.86. The lowest BCUT2D eigenvalue weighted by Crippen LogP contribution is -1.99. The second-order valence-corrected chi connectivity index (χ2v) is 8.82. The fourth-order valence-corrected chi connectivity index (χ4v) is 4.86. The van der Waals surface area contributed by atoms with Crippen LogP contribution in [0.5, 0.6) is 0 Å². The molecule has 6 aromatic heterocycles. The van der Waals surface area contributed by atoms with Gasteiger partial charge in [-0.05, 0) is 54.6 Å². The number of aromatic nitrogens is 9. The van der Waals surface area contributed by atoms with Crippen molar-refractivity contribution >= 4 is 33.5 Å². The number of hydrogen-bond donors (Lipinski definition) is 0. The monoisotopic (exact) mass is 561 g/mol. The third-order valence-electron chi connectivity index (χ3n) is 6.59. The molecule has 0 N–H and O–H groups in total. The Morgan fingerprint density at radius 3 is 0.929 bits per heavy atom. The molecule has 0 aliphatic heterocycles. The van der Waals surface area contributed by atoms with Crippen molar-refractivity contribution in [1.82, 2.24) is 43.6 Å². The maximum Gasteiger partial charge on any atom is 0.159 e. The number of pyridine rings is 3. The highest BCUT2D eigenvalue weighted by atomic mass is 15.1. The van der Waals surface area contributed by atoms with Crippen molar-refractivity contribution in [3.63, 3.8) is 0 Å². The minimum absolute atomic E-state index is 0.820.